The molecule has 1 aliphatic heterocycles. The van der Waals surface area contributed by atoms with Crippen molar-refractivity contribution in [1.29, 1.82) is 0 Å². The molecular weight excluding hydrogens is 518 g/mol. The Bertz CT molecular complexity index is 1610. The normalized spacial score (nSPS) is 14.2. The van der Waals surface area contributed by atoms with Gasteiger partial charge in [-0.15, -0.1) is 11.3 Å². The van der Waals surface area contributed by atoms with Crippen LogP contribution in [0.4, 0.5) is 5.69 Å². The molecule has 1 aliphatic rings. The summed E-state index contributed by atoms with van der Waals surface area (Å²) in [4.78, 5) is 17.7. The van der Waals surface area contributed by atoms with Crippen molar-refractivity contribution in [3.8, 4) is 5.75 Å². The van der Waals surface area contributed by atoms with Gasteiger partial charge in [0.05, 0.1) is 18.7 Å². The zero-order chi connectivity index (χ0) is 27.1. The molecule has 1 fully saturated rings. The lowest BCUT2D eigenvalue weighted by atomic mass is 10.2. The second kappa shape index (κ2) is 12.7. The highest BCUT2D eigenvalue weighted by atomic mass is 32.1. The minimum atomic E-state index is -0.0789. The second-order valence-electron chi connectivity index (χ2n) is 10.3. The molecule has 0 radical (unpaired) electrons. The average Bonchev–Trinajstić information content (AvgIpc) is 3.48. The van der Waals surface area contributed by atoms with Crippen LogP contribution in [0.25, 0.3) is 21.0 Å². The summed E-state index contributed by atoms with van der Waals surface area (Å²) in [5.74, 6) is 0.783. The smallest absolute Gasteiger partial charge is 0.252 e. The lowest BCUT2D eigenvalue weighted by Gasteiger charge is -2.36. The third-order valence-corrected chi connectivity index (χ3v) is 8.50. The monoisotopic (exact) mass is 553 g/mol. The van der Waals surface area contributed by atoms with E-state index < -0.39 is 0 Å². The first-order valence-corrected chi connectivity index (χ1v) is 14.9. The van der Waals surface area contributed by atoms with E-state index in [0.717, 1.165) is 67.8 Å². The van der Waals surface area contributed by atoms with E-state index in [1.807, 2.05) is 65.9 Å². The Morgan fingerprint density at radius 3 is 2.55 bits per heavy atom. The average molecular weight is 554 g/mol. The number of aromatic nitrogens is 1. The van der Waals surface area contributed by atoms with Crippen LogP contribution < -0.4 is 15.2 Å². The van der Waals surface area contributed by atoms with Gasteiger partial charge in [0, 0.05) is 54.1 Å². The third kappa shape index (κ3) is 6.22. The van der Waals surface area contributed by atoms with Crippen molar-refractivity contribution in [2.75, 3.05) is 44.2 Å². The number of piperazine rings is 1. The highest BCUT2D eigenvalue weighted by Gasteiger charge is 2.18. The van der Waals surface area contributed by atoms with Crippen molar-refractivity contribution < 1.29 is 9.47 Å². The van der Waals surface area contributed by atoms with Crippen LogP contribution in [-0.2, 0) is 18.1 Å². The zero-order valence-corrected chi connectivity index (χ0v) is 23.5. The van der Waals surface area contributed by atoms with Crippen molar-refractivity contribution in [2.24, 2.45) is 0 Å². The summed E-state index contributed by atoms with van der Waals surface area (Å²) in [6.45, 7) is 6.73. The lowest BCUT2D eigenvalue weighted by molar-refractivity contribution is 0.0646. The Labute approximate surface area is 239 Å². The van der Waals surface area contributed by atoms with Crippen molar-refractivity contribution >= 4 is 38.0 Å². The molecule has 5 aromatic rings. The van der Waals surface area contributed by atoms with Gasteiger partial charge in [-0.3, -0.25) is 14.3 Å². The van der Waals surface area contributed by atoms with Gasteiger partial charge in [-0.25, -0.2) is 0 Å². The van der Waals surface area contributed by atoms with Crippen molar-refractivity contribution in [3.63, 3.8) is 0 Å². The minimum absolute atomic E-state index is 0.0789. The molecule has 206 valence electrons. The quantitative estimate of drug-likeness (QED) is 0.178. The molecule has 3 heterocycles. The van der Waals surface area contributed by atoms with E-state index in [-0.39, 0.29) is 12.3 Å². The van der Waals surface area contributed by atoms with Crippen molar-refractivity contribution in [2.45, 2.75) is 26.2 Å². The first-order chi connectivity index (χ1) is 19.7. The van der Waals surface area contributed by atoms with Gasteiger partial charge in [-0.05, 0) is 72.1 Å². The SMILES string of the molecule is O=c1ccc2ccc(OCCCCN3CCN(c4cccc5sccc45)CC3)cc2n1COCc1ccccc1. The maximum atomic E-state index is 12.6. The molecule has 0 atom stereocenters. The van der Waals surface area contributed by atoms with E-state index in [1.54, 1.807) is 10.6 Å². The standard InChI is InChI=1S/C33H35N3O3S/c37-33-14-12-27-11-13-28(23-31(27)36(33)25-38-24-26-7-2-1-3-8-26)39-21-5-4-16-34-17-19-35(20-18-34)30-9-6-10-32-29(30)15-22-40-32/h1-3,6-15,22-23H,4-5,16-21,24-25H2. The van der Waals surface area contributed by atoms with E-state index in [9.17, 15) is 4.79 Å². The summed E-state index contributed by atoms with van der Waals surface area (Å²) in [5.41, 5.74) is 3.20. The second-order valence-corrected chi connectivity index (χ2v) is 11.2. The van der Waals surface area contributed by atoms with Gasteiger partial charge in [0.1, 0.15) is 12.5 Å². The number of benzene rings is 3. The van der Waals surface area contributed by atoms with Crippen LogP contribution in [0.2, 0.25) is 0 Å². The largest absolute Gasteiger partial charge is 0.494 e. The maximum absolute atomic E-state index is 12.6. The van der Waals surface area contributed by atoms with E-state index >= 15 is 0 Å². The Kier molecular flexibility index (Phi) is 8.42. The predicted octanol–water partition coefficient (Wildman–Crippen LogP) is 6.37. The summed E-state index contributed by atoms with van der Waals surface area (Å²) >= 11 is 1.81. The highest BCUT2D eigenvalue weighted by Crippen LogP contribution is 2.31. The van der Waals surface area contributed by atoms with Crippen LogP contribution in [0.3, 0.4) is 0 Å². The number of ether oxygens (including phenoxy) is 2. The van der Waals surface area contributed by atoms with Crippen molar-refractivity contribution in [3.05, 3.63) is 106 Å². The number of pyridine rings is 1. The molecule has 0 saturated carbocycles. The molecule has 1 saturated heterocycles. The summed E-state index contributed by atoms with van der Waals surface area (Å²) in [6, 6.07) is 28.3. The van der Waals surface area contributed by atoms with Crippen LogP contribution in [-0.4, -0.2) is 48.8 Å². The highest BCUT2D eigenvalue weighted by molar-refractivity contribution is 7.17. The fourth-order valence-corrected chi connectivity index (χ4v) is 6.22. The molecule has 0 bridgehead atoms. The van der Waals surface area contributed by atoms with E-state index in [4.69, 9.17) is 9.47 Å². The number of rotatable bonds is 11. The number of hydrogen-bond donors (Lipinski definition) is 0. The molecule has 6 nitrogen and oxygen atoms in total. The lowest BCUT2D eigenvalue weighted by Crippen LogP contribution is -2.46. The molecule has 40 heavy (non-hydrogen) atoms. The van der Waals surface area contributed by atoms with Gasteiger partial charge < -0.3 is 14.4 Å². The van der Waals surface area contributed by atoms with Crippen LogP contribution in [0.1, 0.15) is 18.4 Å². The molecule has 0 aliphatic carbocycles. The molecule has 3 aromatic carbocycles. The fourth-order valence-electron chi connectivity index (χ4n) is 5.41. The van der Waals surface area contributed by atoms with Gasteiger partial charge in [-0.2, -0.15) is 0 Å². The number of nitrogens with zero attached hydrogens (tertiary/aromatic N) is 3. The Morgan fingerprint density at radius 2 is 1.68 bits per heavy atom. The van der Waals surface area contributed by atoms with Gasteiger partial charge in [0.25, 0.3) is 5.56 Å². The predicted molar refractivity (Wildman–Crippen MR) is 165 cm³/mol. The molecule has 6 rings (SSSR count). The molecular formula is C33H35N3O3S. The summed E-state index contributed by atoms with van der Waals surface area (Å²) in [5, 5.41) is 4.55. The zero-order valence-electron chi connectivity index (χ0n) is 22.7. The van der Waals surface area contributed by atoms with Gasteiger partial charge in [0.2, 0.25) is 0 Å². The molecule has 0 N–H and O–H groups in total. The van der Waals surface area contributed by atoms with E-state index in [0.29, 0.717) is 13.2 Å². The number of hydrogen-bond acceptors (Lipinski definition) is 6. The fraction of sp³-hybridized carbons (Fsp3) is 0.303. The van der Waals surface area contributed by atoms with Gasteiger partial charge >= 0.3 is 0 Å². The van der Waals surface area contributed by atoms with Gasteiger partial charge in [-0.1, -0.05) is 36.4 Å². The molecule has 2 aromatic heterocycles. The first kappa shape index (κ1) is 26.6. The summed E-state index contributed by atoms with van der Waals surface area (Å²) in [6.07, 6.45) is 2.10. The molecule has 0 amide bonds. The van der Waals surface area contributed by atoms with E-state index in [2.05, 4.69) is 39.4 Å². The molecule has 0 unspecified atom stereocenters. The van der Waals surface area contributed by atoms with Crippen LogP contribution in [0.15, 0.2) is 95.1 Å². The first-order valence-electron chi connectivity index (χ1n) is 14.1. The maximum Gasteiger partial charge on any atom is 0.252 e. The number of unbranched alkanes of at least 4 members (excludes halogenated alkanes) is 1. The van der Waals surface area contributed by atoms with Crippen LogP contribution >= 0.6 is 11.3 Å². The number of thiophene rings is 1. The third-order valence-electron chi connectivity index (χ3n) is 7.62. The Morgan fingerprint density at radius 1 is 0.825 bits per heavy atom. The summed E-state index contributed by atoms with van der Waals surface area (Å²) < 4.78 is 15.0. The molecule has 0 spiro atoms. The number of fused-ring (bicyclic) bond motifs is 2. The molecule has 7 heteroatoms. The summed E-state index contributed by atoms with van der Waals surface area (Å²) in [7, 11) is 0. The Balaban J connectivity index is 0.967. The number of anilines is 1. The topological polar surface area (TPSA) is 46.9 Å². The van der Waals surface area contributed by atoms with Crippen molar-refractivity contribution in [1.82, 2.24) is 9.47 Å². The minimum Gasteiger partial charge on any atom is -0.494 e. The van der Waals surface area contributed by atoms with Crippen LogP contribution in [0.5, 0.6) is 5.75 Å². The van der Waals surface area contributed by atoms with Crippen LogP contribution in [0, 0.1) is 0 Å². The van der Waals surface area contributed by atoms with Gasteiger partial charge in [0.15, 0.2) is 0 Å². The van der Waals surface area contributed by atoms with E-state index in [1.165, 1.54) is 15.8 Å². The Hall–Kier alpha value is -3.65.